The van der Waals surface area contributed by atoms with Gasteiger partial charge < -0.3 is 14.9 Å². The van der Waals surface area contributed by atoms with Crippen LogP contribution in [0.15, 0.2) is 16.8 Å². The van der Waals surface area contributed by atoms with Crippen molar-refractivity contribution in [2.75, 3.05) is 0 Å². The van der Waals surface area contributed by atoms with Gasteiger partial charge in [-0.2, -0.15) is 0 Å². The zero-order chi connectivity index (χ0) is 9.80. The smallest absolute Gasteiger partial charge is 0.150 e. The number of hydrogen-bond acceptors (Lipinski definition) is 4. The van der Waals surface area contributed by atoms with E-state index in [9.17, 15) is 5.11 Å². The number of hydrogen-bond donors (Lipinski definition) is 2. The molecule has 2 unspecified atom stereocenters. The van der Waals surface area contributed by atoms with Crippen LogP contribution in [-0.2, 0) is 6.54 Å². The van der Waals surface area contributed by atoms with Crippen molar-refractivity contribution in [1.82, 2.24) is 10.5 Å². The monoisotopic (exact) mass is 196 g/mol. The minimum absolute atomic E-state index is 0.202. The van der Waals surface area contributed by atoms with Gasteiger partial charge in [-0.05, 0) is 12.8 Å². The molecule has 0 aliphatic heterocycles. The highest BCUT2D eigenvalue weighted by Gasteiger charge is 2.22. The van der Waals surface area contributed by atoms with Gasteiger partial charge in [-0.25, -0.2) is 0 Å². The van der Waals surface area contributed by atoms with Gasteiger partial charge in [-0.15, -0.1) is 0 Å². The molecule has 4 nitrogen and oxygen atoms in total. The standard InChI is InChI=1S/C10H16N2O2/c13-10-4-2-1-3-9(10)11-7-8-5-6-12-14-8/h5-6,9-11,13H,1-4,7H2. The third kappa shape index (κ3) is 2.33. The minimum Gasteiger partial charge on any atom is -0.392 e. The number of nitrogens with one attached hydrogen (secondary N) is 1. The molecule has 1 aliphatic rings. The Balaban J connectivity index is 1.79. The molecule has 0 bridgehead atoms. The van der Waals surface area contributed by atoms with Crippen LogP contribution < -0.4 is 5.32 Å². The number of rotatable bonds is 3. The predicted molar refractivity (Wildman–Crippen MR) is 51.6 cm³/mol. The Morgan fingerprint density at radius 1 is 1.50 bits per heavy atom. The summed E-state index contributed by atoms with van der Waals surface area (Å²) >= 11 is 0. The van der Waals surface area contributed by atoms with Gasteiger partial charge >= 0.3 is 0 Å². The van der Waals surface area contributed by atoms with Gasteiger partial charge in [0.25, 0.3) is 0 Å². The van der Waals surface area contributed by atoms with Crippen molar-refractivity contribution in [2.24, 2.45) is 0 Å². The molecule has 78 valence electrons. The molecule has 1 fully saturated rings. The molecule has 2 N–H and O–H groups in total. The molecule has 4 heteroatoms. The van der Waals surface area contributed by atoms with E-state index in [-0.39, 0.29) is 12.1 Å². The van der Waals surface area contributed by atoms with Gasteiger partial charge in [0.15, 0.2) is 0 Å². The van der Waals surface area contributed by atoms with E-state index in [1.807, 2.05) is 6.07 Å². The molecule has 2 atom stereocenters. The maximum absolute atomic E-state index is 9.69. The van der Waals surface area contributed by atoms with Crippen LogP contribution in [-0.4, -0.2) is 22.4 Å². The molecule has 0 aromatic carbocycles. The molecule has 1 aromatic heterocycles. The van der Waals surface area contributed by atoms with Gasteiger partial charge in [0, 0.05) is 12.1 Å². The summed E-state index contributed by atoms with van der Waals surface area (Å²) in [5.41, 5.74) is 0. The van der Waals surface area contributed by atoms with Crippen molar-refractivity contribution >= 4 is 0 Å². The maximum atomic E-state index is 9.69. The SMILES string of the molecule is OC1CCCCC1NCc1ccno1. The Morgan fingerprint density at radius 2 is 2.36 bits per heavy atom. The molecule has 1 aromatic rings. The first kappa shape index (κ1) is 9.68. The Labute approximate surface area is 83.3 Å². The Hall–Kier alpha value is -0.870. The van der Waals surface area contributed by atoms with Crippen LogP contribution in [0.1, 0.15) is 31.4 Å². The summed E-state index contributed by atoms with van der Waals surface area (Å²) in [5, 5.41) is 16.6. The normalized spacial score (nSPS) is 27.8. The second-order valence-corrected chi connectivity index (χ2v) is 3.82. The van der Waals surface area contributed by atoms with Crippen molar-refractivity contribution in [3.63, 3.8) is 0 Å². The molecule has 1 aliphatic carbocycles. The van der Waals surface area contributed by atoms with Gasteiger partial charge in [-0.1, -0.05) is 18.0 Å². The molecule has 0 spiro atoms. The number of aliphatic hydroxyl groups excluding tert-OH is 1. The van der Waals surface area contributed by atoms with E-state index in [0.29, 0.717) is 6.54 Å². The third-order valence-electron chi connectivity index (χ3n) is 2.76. The summed E-state index contributed by atoms with van der Waals surface area (Å²) in [6, 6.07) is 2.05. The molecule has 2 rings (SSSR count). The maximum Gasteiger partial charge on any atom is 0.150 e. The van der Waals surface area contributed by atoms with Crippen LogP contribution in [0.5, 0.6) is 0 Å². The fourth-order valence-electron chi connectivity index (χ4n) is 1.91. The van der Waals surface area contributed by atoms with Crippen LogP contribution in [0.2, 0.25) is 0 Å². The highest BCUT2D eigenvalue weighted by atomic mass is 16.5. The topological polar surface area (TPSA) is 58.3 Å². The lowest BCUT2D eigenvalue weighted by atomic mass is 9.92. The lowest BCUT2D eigenvalue weighted by Crippen LogP contribution is -2.41. The zero-order valence-corrected chi connectivity index (χ0v) is 8.15. The average Bonchev–Trinajstić information content (AvgIpc) is 2.69. The number of aromatic nitrogens is 1. The second kappa shape index (κ2) is 4.57. The van der Waals surface area contributed by atoms with Crippen LogP contribution in [0, 0.1) is 0 Å². The highest BCUT2D eigenvalue weighted by molar-refractivity contribution is 4.93. The summed E-state index contributed by atoms with van der Waals surface area (Å²) in [5.74, 6) is 0.822. The zero-order valence-electron chi connectivity index (χ0n) is 8.15. The van der Waals surface area contributed by atoms with E-state index in [0.717, 1.165) is 25.0 Å². The molecule has 14 heavy (non-hydrogen) atoms. The first-order valence-corrected chi connectivity index (χ1v) is 5.17. The Bertz CT molecular complexity index is 261. The van der Waals surface area contributed by atoms with E-state index >= 15 is 0 Å². The molecular weight excluding hydrogens is 180 g/mol. The Kier molecular flexibility index (Phi) is 3.16. The molecule has 0 amide bonds. The van der Waals surface area contributed by atoms with Crippen molar-refractivity contribution in [3.8, 4) is 0 Å². The lowest BCUT2D eigenvalue weighted by Gasteiger charge is -2.28. The van der Waals surface area contributed by atoms with E-state index in [4.69, 9.17) is 4.52 Å². The molecule has 1 heterocycles. The number of nitrogens with zero attached hydrogens (tertiary/aromatic N) is 1. The van der Waals surface area contributed by atoms with E-state index in [1.54, 1.807) is 6.20 Å². The third-order valence-corrected chi connectivity index (χ3v) is 2.76. The fraction of sp³-hybridized carbons (Fsp3) is 0.700. The molecule has 1 saturated carbocycles. The van der Waals surface area contributed by atoms with Crippen molar-refractivity contribution < 1.29 is 9.63 Å². The van der Waals surface area contributed by atoms with Crippen LogP contribution in [0.25, 0.3) is 0 Å². The first-order chi connectivity index (χ1) is 6.86. The van der Waals surface area contributed by atoms with Crippen LogP contribution >= 0.6 is 0 Å². The van der Waals surface area contributed by atoms with Crippen molar-refractivity contribution in [2.45, 2.75) is 44.4 Å². The average molecular weight is 196 g/mol. The van der Waals surface area contributed by atoms with Crippen LogP contribution in [0.4, 0.5) is 0 Å². The second-order valence-electron chi connectivity index (χ2n) is 3.82. The van der Waals surface area contributed by atoms with Gasteiger partial charge in [-0.3, -0.25) is 0 Å². The largest absolute Gasteiger partial charge is 0.392 e. The lowest BCUT2D eigenvalue weighted by molar-refractivity contribution is 0.0890. The van der Waals surface area contributed by atoms with Crippen LogP contribution in [0.3, 0.4) is 0 Å². The fourth-order valence-corrected chi connectivity index (χ4v) is 1.91. The molecule has 0 radical (unpaired) electrons. The van der Waals surface area contributed by atoms with E-state index in [1.165, 1.54) is 6.42 Å². The van der Waals surface area contributed by atoms with Gasteiger partial charge in [0.05, 0.1) is 18.8 Å². The van der Waals surface area contributed by atoms with Crippen molar-refractivity contribution in [3.05, 3.63) is 18.0 Å². The summed E-state index contributed by atoms with van der Waals surface area (Å²) in [4.78, 5) is 0. The van der Waals surface area contributed by atoms with Crippen molar-refractivity contribution in [1.29, 1.82) is 0 Å². The molecule has 0 saturated heterocycles. The van der Waals surface area contributed by atoms with Gasteiger partial charge in [0.1, 0.15) is 5.76 Å². The minimum atomic E-state index is -0.202. The summed E-state index contributed by atoms with van der Waals surface area (Å²) in [7, 11) is 0. The highest BCUT2D eigenvalue weighted by Crippen LogP contribution is 2.18. The van der Waals surface area contributed by atoms with E-state index < -0.39 is 0 Å². The Morgan fingerprint density at radius 3 is 3.07 bits per heavy atom. The predicted octanol–water partition coefficient (Wildman–Crippen LogP) is 1.07. The number of aliphatic hydroxyl groups is 1. The first-order valence-electron chi connectivity index (χ1n) is 5.17. The summed E-state index contributed by atoms with van der Waals surface area (Å²) in [6.45, 7) is 0.654. The quantitative estimate of drug-likeness (QED) is 0.759. The molecular formula is C10H16N2O2. The van der Waals surface area contributed by atoms with Gasteiger partial charge in [0.2, 0.25) is 0 Å². The van der Waals surface area contributed by atoms with E-state index in [2.05, 4.69) is 10.5 Å². The summed E-state index contributed by atoms with van der Waals surface area (Å²) in [6.07, 6.45) is 5.73. The summed E-state index contributed by atoms with van der Waals surface area (Å²) < 4.78 is 4.97.